The highest BCUT2D eigenvalue weighted by atomic mass is 79.9. The number of aromatic nitrogens is 3. The Morgan fingerprint density at radius 1 is 1.14 bits per heavy atom. The van der Waals surface area contributed by atoms with E-state index in [0.29, 0.717) is 16.1 Å². The van der Waals surface area contributed by atoms with Crippen molar-refractivity contribution >= 4 is 21.6 Å². The van der Waals surface area contributed by atoms with Crippen LogP contribution in [-0.2, 0) is 5.41 Å². The Morgan fingerprint density at radius 3 is 2.52 bits per heavy atom. The lowest BCUT2D eigenvalue weighted by atomic mass is 9.87. The number of hydrogen-bond donors (Lipinski definition) is 0. The van der Waals surface area contributed by atoms with Crippen molar-refractivity contribution in [3.05, 3.63) is 53.0 Å². The van der Waals surface area contributed by atoms with Crippen LogP contribution in [0.4, 0.5) is 0 Å². The molecule has 3 aromatic rings. The average molecular weight is 346 g/mol. The van der Waals surface area contributed by atoms with Gasteiger partial charge in [0.25, 0.3) is 5.88 Å². The molecule has 4 nitrogen and oxygen atoms in total. The summed E-state index contributed by atoms with van der Waals surface area (Å²) in [4.78, 5) is 8.62. The van der Waals surface area contributed by atoms with Crippen LogP contribution >= 0.6 is 15.9 Å². The summed E-state index contributed by atoms with van der Waals surface area (Å²) < 4.78 is 8.45. The fourth-order valence-electron chi connectivity index (χ4n) is 2.08. The Balaban J connectivity index is 1.93. The van der Waals surface area contributed by atoms with Gasteiger partial charge in [-0.05, 0) is 39.0 Å². The van der Waals surface area contributed by atoms with Crippen LogP contribution in [0.5, 0.6) is 11.6 Å². The molecule has 0 spiro atoms. The standard InChI is InChI=1S/C16H16BrN3O/c1-16(2,3)11-4-6-12(7-5-11)21-15-14-18-8-9-20(14)10-13(17)19-15/h4-10H,1-3H3. The van der Waals surface area contributed by atoms with Crippen molar-refractivity contribution in [2.75, 3.05) is 0 Å². The van der Waals surface area contributed by atoms with Crippen molar-refractivity contribution < 1.29 is 4.74 Å². The molecule has 0 unspecified atom stereocenters. The van der Waals surface area contributed by atoms with Gasteiger partial charge >= 0.3 is 0 Å². The van der Waals surface area contributed by atoms with E-state index >= 15 is 0 Å². The molecule has 0 aliphatic rings. The van der Waals surface area contributed by atoms with Crippen LogP contribution in [-0.4, -0.2) is 14.4 Å². The fraction of sp³-hybridized carbons (Fsp3) is 0.250. The second-order valence-electron chi connectivity index (χ2n) is 5.90. The molecule has 0 amide bonds. The van der Waals surface area contributed by atoms with Crippen LogP contribution in [0.15, 0.2) is 47.5 Å². The van der Waals surface area contributed by atoms with Gasteiger partial charge in [0.1, 0.15) is 10.4 Å². The molecule has 0 fully saturated rings. The number of rotatable bonds is 2. The molecule has 0 aliphatic heterocycles. The Morgan fingerprint density at radius 2 is 1.86 bits per heavy atom. The maximum Gasteiger partial charge on any atom is 0.264 e. The Hall–Kier alpha value is -1.88. The first-order chi connectivity index (χ1) is 9.93. The van der Waals surface area contributed by atoms with E-state index in [9.17, 15) is 0 Å². The number of hydrogen-bond acceptors (Lipinski definition) is 3. The first kappa shape index (κ1) is 14.1. The maximum absolute atomic E-state index is 5.87. The molecule has 108 valence electrons. The summed E-state index contributed by atoms with van der Waals surface area (Å²) in [7, 11) is 0. The van der Waals surface area contributed by atoms with Gasteiger partial charge in [-0.2, -0.15) is 0 Å². The topological polar surface area (TPSA) is 39.4 Å². The van der Waals surface area contributed by atoms with E-state index in [0.717, 1.165) is 5.75 Å². The molecule has 3 rings (SSSR count). The molecule has 5 heteroatoms. The van der Waals surface area contributed by atoms with Crippen LogP contribution in [0.1, 0.15) is 26.3 Å². The normalized spacial score (nSPS) is 11.8. The second-order valence-corrected chi connectivity index (χ2v) is 6.72. The van der Waals surface area contributed by atoms with Crippen molar-refractivity contribution in [1.29, 1.82) is 0 Å². The number of nitrogens with zero attached hydrogens (tertiary/aromatic N) is 3. The monoisotopic (exact) mass is 345 g/mol. The van der Waals surface area contributed by atoms with E-state index in [1.165, 1.54) is 5.56 Å². The molecule has 0 saturated carbocycles. The number of imidazole rings is 1. The van der Waals surface area contributed by atoms with E-state index < -0.39 is 0 Å². The third-order valence-electron chi connectivity index (χ3n) is 3.25. The zero-order chi connectivity index (χ0) is 15.0. The smallest absolute Gasteiger partial charge is 0.264 e. The van der Waals surface area contributed by atoms with Gasteiger partial charge in [-0.1, -0.05) is 32.9 Å². The van der Waals surface area contributed by atoms with E-state index in [2.05, 4.69) is 58.8 Å². The van der Waals surface area contributed by atoms with Gasteiger partial charge in [0.05, 0.1) is 0 Å². The minimum absolute atomic E-state index is 0.128. The molecule has 0 N–H and O–H groups in total. The zero-order valence-corrected chi connectivity index (χ0v) is 13.8. The van der Waals surface area contributed by atoms with E-state index in [1.54, 1.807) is 6.20 Å². The average Bonchev–Trinajstić information content (AvgIpc) is 2.86. The molecule has 1 aromatic carbocycles. The third kappa shape index (κ3) is 2.93. The quantitative estimate of drug-likeness (QED) is 0.682. The lowest BCUT2D eigenvalue weighted by Crippen LogP contribution is -2.10. The molecular weight excluding hydrogens is 330 g/mol. The fourth-order valence-corrected chi connectivity index (χ4v) is 2.46. The van der Waals surface area contributed by atoms with Gasteiger partial charge in [0.2, 0.25) is 5.65 Å². The van der Waals surface area contributed by atoms with Crippen LogP contribution in [0, 0.1) is 0 Å². The Kier molecular flexibility index (Phi) is 3.45. The maximum atomic E-state index is 5.87. The van der Waals surface area contributed by atoms with Gasteiger partial charge in [-0.15, -0.1) is 0 Å². The largest absolute Gasteiger partial charge is 0.436 e. The van der Waals surface area contributed by atoms with Gasteiger partial charge in [0, 0.05) is 18.6 Å². The highest BCUT2D eigenvalue weighted by Crippen LogP contribution is 2.28. The van der Waals surface area contributed by atoms with Crippen molar-refractivity contribution in [2.45, 2.75) is 26.2 Å². The summed E-state index contributed by atoms with van der Waals surface area (Å²) in [6, 6.07) is 8.08. The summed E-state index contributed by atoms with van der Waals surface area (Å²) in [5.74, 6) is 1.23. The molecule has 0 aliphatic carbocycles. The first-order valence-electron chi connectivity index (χ1n) is 6.71. The molecule has 21 heavy (non-hydrogen) atoms. The van der Waals surface area contributed by atoms with Crippen LogP contribution < -0.4 is 4.74 Å². The molecule has 2 aromatic heterocycles. The van der Waals surface area contributed by atoms with Crippen LogP contribution in [0.2, 0.25) is 0 Å². The lowest BCUT2D eigenvalue weighted by molar-refractivity contribution is 0.463. The minimum atomic E-state index is 0.128. The summed E-state index contributed by atoms with van der Waals surface area (Å²) in [5.41, 5.74) is 2.09. The highest BCUT2D eigenvalue weighted by molar-refractivity contribution is 9.10. The summed E-state index contributed by atoms with van der Waals surface area (Å²) in [6.45, 7) is 6.56. The summed E-state index contributed by atoms with van der Waals surface area (Å²) in [5, 5.41) is 0. The number of ether oxygens (including phenoxy) is 1. The minimum Gasteiger partial charge on any atom is -0.436 e. The van der Waals surface area contributed by atoms with Gasteiger partial charge < -0.3 is 4.74 Å². The van der Waals surface area contributed by atoms with Crippen LogP contribution in [0.25, 0.3) is 5.65 Å². The van der Waals surface area contributed by atoms with Gasteiger partial charge in [0.15, 0.2) is 0 Å². The predicted octanol–water partition coefficient (Wildman–Crippen LogP) is 4.58. The summed E-state index contributed by atoms with van der Waals surface area (Å²) >= 11 is 3.38. The second kappa shape index (κ2) is 5.15. The number of fused-ring (bicyclic) bond motifs is 1. The number of halogens is 1. The molecule has 2 heterocycles. The predicted molar refractivity (Wildman–Crippen MR) is 85.9 cm³/mol. The van der Waals surface area contributed by atoms with Crippen molar-refractivity contribution in [3.8, 4) is 11.6 Å². The molecule has 0 saturated heterocycles. The Labute approximate surface area is 131 Å². The van der Waals surface area contributed by atoms with Gasteiger partial charge in [-0.3, -0.25) is 4.40 Å². The molecule has 0 radical (unpaired) electrons. The van der Waals surface area contributed by atoms with Crippen LogP contribution in [0.3, 0.4) is 0 Å². The van der Waals surface area contributed by atoms with Crippen molar-refractivity contribution in [1.82, 2.24) is 14.4 Å². The molecule has 0 atom stereocenters. The van der Waals surface area contributed by atoms with E-state index in [4.69, 9.17) is 4.74 Å². The van der Waals surface area contributed by atoms with Gasteiger partial charge in [-0.25, -0.2) is 9.97 Å². The first-order valence-corrected chi connectivity index (χ1v) is 7.50. The van der Waals surface area contributed by atoms with E-state index in [1.807, 2.05) is 28.9 Å². The summed E-state index contributed by atoms with van der Waals surface area (Å²) in [6.07, 6.45) is 5.42. The lowest BCUT2D eigenvalue weighted by Gasteiger charge is -2.19. The highest BCUT2D eigenvalue weighted by Gasteiger charge is 2.14. The third-order valence-corrected chi connectivity index (χ3v) is 3.63. The molecule has 0 bridgehead atoms. The van der Waals surface area contributed by atoms with E-state index in [-0.39, 0.29) is 5.41 Å². The number of benzene rings is 1. The zero-order valence-electron chi connectivity index (χ0n) is 12.2. The van der Waals surface area contributed by atoms with Crippen molar-refractivity contribution in [2.24, 2.45) is 0 Å². The molecular formula is C16H16BrN3O. The SMILES string of the molecule is CC(C)(C)c1ccc(Oc2nc(Br)cn3ccnc23)cc1. The Bertz CT molecular complexity index is 772. The van der Waals surface area contributed by atoms with Crippen molar-refractivity contribution in [3.63, 3.8) is 0 Å².